The van der Waals surface area contributed by atoms with Crippen LogP contribution in [0.5, 0.6) is 0 Å². The highest BCUT2D eigenvalue weighted by molar-refractivity contribution is 7.85. The van der Waals surface area contributed by atoms with Gasteiger partial charge in [0.2, 0.25) is 0 Å². The number of hydrogen-bond acceptors (Lipinski definition) is 6. The number of rotatable bonds is 7. The maximum Gasteiger partial charge on any atom is 0.387 e. The van der Waals surface area contributed by atoms with E-state index >= 15 is 0 Å². The van der Waals surface area contributed by atoms with Gasteiger partial charge >= 0.3 is 27.2 Å². The van der Waals surface area contributed by atoms with Crippen molar-refractivity contribution in [3.63, 3.8) is 0 Å². The van der Waals surface area contributed by atoms with Crippen LogP contribution in [0.2, 0.25) is 0 Å². The standard InChI is InChI=1S/C18H18INO2.C7H8O3S/c1-14(20-13-15-9-5-3-6-10-15)17(18(21)22-2)19-16-11-7-4-8-12-16;1-6-2-4-7(5-3-6)11(8,9)10/h3-12H,13H2,1-2H3;2-5H,1H3,(H,8,9,10). The first-order chi connectivity index (χ1) is 15.7. The minimum Gasteiger partial charge on any atom is -0.744 e. The zero-order chi connectivity index (χ0) is 24.3. The molecule has 1 N–H and O–H groups in total. The second-order valence-electron chi connectivity index (χ2n) is 6.93. The summed E-state index contributed by atoms with van der Waals surface area (Å²) < 4.78 is 38.1. The molecule has 3 aromatic carbocycles. The number of methoxy groups -OCH3 is 1. The van der Waals surface area contributed by atoms with Crippen LogP contribution in [0.3, 0.4) is 0 Å². The average molecular weight is 579 g/mol. The first kappa shape index (κ1) is 26.6. The molecule has 0 unspecified atom stereocenters. The molecular formula is C25H26INO5S. The van der Waals surface area contributed by atoms with Crippen LogP contribution in [0.1, 0.15) is 18.1 Å². The number of allylic oxidation sites excluding steroid dienone is 1. The second kappa shape index (κ2) is 13.1. The van der Waals surface area contributed by atoms with E-state index in [1.54, 1.807) is 12.1 Å². The van der Waals surface area contributed by atoms with E-state index in [1.165, 1.54) is 28.4 Å². The molecule has 0 bridgehead atoms. The molecule has 6 nitrogen and oxygen atoms in total. The van der Waals surface area contributed by atoms with Crippen LogP contribution in [0, 0.1) is 10.5 Å². The Balaban J connectivity index is 0.000000294. The number of benzene rings is 3. The molecule has 33 heavy (non-hydrogen) atoms. The minimum absolute atomic E-state index is 0.178. The van der Waals surface area contributed by atoms with Gasteiger partial charge in [0.15, 0.2) is 3.57 Å². The molecule has 174 valence electrons. The summed E-state index contributed by atoms with van der Waals surface area (Å²) in [6.07, 6.45) is 0. The van der Waals surface area contributed by atoms with Gasteiger partial charge in [-0.25, -0.2) is 13.2 Å². The van der Waals surface area contributed by atoms with Gasteiger partial charge in [0.1, 0.15) is 10.1 Å². The third-order valence-corrected chi connectivity index (χ3v) is 8.32. The highest BCUT2D eigenvalue weighted by Crippen LogP contribution is 2.08. The van der Waals surface area contributed by atoms with Crippen molar-refractivity contribution < 1.29 is 43.7 Å². The number of nitrogens with one attached hydrogen (secondary N) is 1. The summed E-state index contributed by atoms with van der Waals surface area (Å²) in [6.45, 7) is 4.46. The molecule has 0 heterocycles. The van der Waals surface area contributed by atoms with E-state index in [0.717, 1.165) is 14.8 Å². The number of hydrogen-bond donors (Lipinski definition) is 1. The van der Waals surface area contributed by atoms with Gasteiger partial charge in [-0.2, -0.15) is 0 Å². The van der Waals surface area contributed by atoms with E-state index in [-0.39, 0.29) is 10.9 Å². The fourth-order valence-electron chi connectivity index (χ4n) is 2.55. The molecule has 0 fully saturated rings. The Hall–Kier alpha value is -2.69. The lowest BCUT2D eigenvalue weighted by molar-refractivity contribution is -0.572. The predicted molar refractivity (Wildman–Crippen MR) is 122 cm³/mol. The molecule has 8 heteroatoms. The third kappa shape index (κ3) is 9.37. The number of ether oxygens (including phenoxy) is 1. The van der Waals surface area contributed by atoms with Crippen LogP contribution in [0.25, 0.3) is 0 Å². The lowest BCUT2D eigenvalue weighted by atomic mass is 10.2. The molecule has 0 atom stereocenters. The zero-order valence-electron chi connectivity index (χ0n) is 18.6. The number of aryl methyl sites for hydroxylation is 1. The van der Waals surface area contributed by atoms with Crippen molar-refractivity contribution >= 4 is 16.1 Å². The van der Waals surface area contributed by atoms with Crippen molar-refractivity contribution in [3.8, 4) is 0 Å². The highest BCUT2D eigenvalue weighted by Gasteiger charge is 2.30. The Labute approximate surface area is 205 Å². The molecule has 0 amide bonds. The van der Waals surface area contributed by atoms with Gasteiger partial charge in [-0.05, 0) is 43.7 Å². The first-order valence-electron chi connectivity index (χ1n) is 10.00. The van der Waals surface area contributed by atoms with Crippen LogP contribution in [-0.2, 0) is 26.2 Å². The smallest absolute Gasteiger partial charge is 0.387 e. The topological polar surface area (TPSA) is 95.5 Å². The summed E-state index contributed by atoms with van der Waals surface area (Å²) in [4.78, 5) is 11.9. The molecule has 0 aliphatic rings. The van der Waals surface area contributed by atoms with Crippen molar-refractivity contribution in [1.82, 2.24) is 5.32 Å². The Morgan fingerprint density at radius 2 is 1.48 bits per heavy atom. The van der Waals surface area contributed by atoms with E-state index in [2.05, 4.69) is 29.6 Å². The second-order valence-corrected chi connectivity index (χ2v) is 11.2. The van der Waals surface area contributed by atoms with E-state index in [4.69, 9.17) is 4.74 Å². The summed E-state index contributed by atoms with van der Waals surface area (Å²) in [7, 11) is -2.84. The first-order valence-corrected chi connectivity index (χ1v) is 13.6. The Morgan fingerprint density at radius 3 is 2.00 bits per heavy atom. The van der Waals surface area contributed by atoms with E-state index < -0.39 is 31.3 Å². The van der Waals surface area contributed by atoms with Gasteiger partial charge in [-0.15, -0.1) is 0 Å². The average Bonchev–Trinajstić information content (AvgIpc) is 2.82. The van der Waals surface area contributed by atoms with Crippen LogP contribution >= 0.6 is 0 Å². The van der Waals surface area contributed by atoms with Gasteiger partial charge < -0.3 is 14.6 Å². The Morgan fingerprint density at radius 1 is 0.939 bits per heavy atom. The predicted octanol–water partition coefficient (Wildman–Crippen LogP) is 1.04. The van der Waals surface area contributed by atoms with Crippen LogP contribution in [-0.4, -0.2) is 26.0 Å². The van der Waals surface area contributed by atoms with Crippen molar-refractivity contribution in [2.75, 3.05) is 7.11 Å². The van der Waals surface area contributed by atoms with Crippen LogP contribution in [0.4, 0.5) is 0 Å². The normalized spacial score (nSPS) is 11.5. The molecular weight excluding hydrogens is 553 g/mol. The summed E-state index contributed by atoms with van der Waals surface area (Å²) >= 11 is -0.566. The van der Waals surface area contributed by atoms with E-state index in [1.807, 2.05) is 50.2 Å². The van der Waals surface area contributed by atoms with Crippen LogP contribution in [0.15, 0.2) is 99.1 Å². The quantitative estimate of drug-likeness (QED) is 0.195. The number of halogens is 1. The molecule has 0 aliphatic heterocycles. The number of esters is 1. The fraction of sp³-hybridized carbons (Fsp3) is 0.160. The molecule has 0 aromatic heterocycles. The Kier molecular flexibility index (Phi) is 10.6. The monoisotopic (exact) mass is 579 g/mol. The lowest BCUT2D eigenvalue weighted by Gasteiger charge is -2.06. The van der Waals surface area contributed by atoms with Gasteiger partial charge in [0, 0.05) is 6.54 Å². The Bertz CT molecular complexity index is 1160. The van der Waals surface area contributed by atoms with Crippen molar-refractivity contribution in [2.24, 2.45) is 0 Å². The summed E-state index contributed by atoms with van der Waals surface area (Å²) in [5, 5.41) is 3.34. The van der Waals surface area contributed by atoms with Crippen molar-refractivity contribution in [3.05, 3.63) is 109 Å². The number of carbonyl (C=O) groups is 1. The van der Waals surface area contributed by atoms with E-state index in [9.17, 15) is 17.8 Å². The van der Waals surface area contributed by atoms with Crippen molar-refractivity contribution in [2.45, 2.75) is 25.3 Å². The molecule has 0 aliphatic carbocycles. The molecule has 0 saturated carbocycles. The molecule has 0 saturated heterocycles. The molecule has 3 aromatic rings. The highest BCUT2D eigenvalue weighted by atomic mass is 127. The SMILES string of the molecule is COC(=O)/C([I+]c1ccccc1)=C(/C)NCc1ccccc1.Cc1ccc(S(=O)(=O)[O-])cc1. The number of carbonyl (C=O) groups excluding carboxylic acids is 1. The zero-order valence-corrected chi connectivity index (χ0v) is 21.6. The summed E-state index contributed by atoms with van der Waals surface area (Å²) in [6, 6.07) is 26.0. The minimum atomic E-state index is -4.27. The summed E-state index contributed by atoms with van der Waals surface area (Å²) in [5.41, 5.74) is 3.01. The fourth-order valence-corrected chi connectivity index (χ4v) is 5.45. The third-order valence-electron chi connectivity index (χ3n) is 4.34. The molecule has 0 spiro atoms. The molecule has 0 radical (unpaired) electrons. The van der Waals surface area contributed by atoms with E-state index in [0.29, 0.717) is 6.54 Å². The maximum absolute atomic E-state index is 12.1. The van der Waals surface area contributed by atoms with Gasteiger partial charge in [-0.1, -0.05) is 66.2 Å². The van der Waals surface area contributed by atoms with Crippen LogP contribution < -0.4 is 26.5 Å². The molecule has 3 rings (SSSR count). The largest absolute Gasteiger partial charge is 0.744 e. The lowest BCUT2D eigenvalue weighted by Crippen LogP contribution is -3.61. The maximum atomic E-state index is 12.1. The van der Waals surface area contributed by atoms with Gasteiger partial charge in [0.25, 0.3) is 3.58 Å². The van der Waals surface area contributed by atoms with Gasteiger partial charge in [-0.3, -0.25) is 0 Å². The van der Waals surface area contributed by atoms with Gasteiger partial charge in [0.05, 0.1) is 17.7 Å². The van der Waals surface area contributed by atoms with Crippen molar-refractivity contribution in [1.29, 1.82) is 0 Å². The summed E-state index contributed by atoms with van der Waals surface area (Å²) in [5.74, 6) is -0.241.